The van der Waals surface area contributed by atoms with Crippen LogP contribution in [0.15, 0.2) is 0 Å². The van der Waals surface area contributed by atoms with Crippen LogP contribution in [-0.4, -0.2) is 10.3 Å². The van der Waals surface area contributed by atoms with Gasteiger partial charge in [0, 0.05) is 0 Å². The van der Waals surface area contributed by atoms with Gasteiger partial charge in [-0.05, 0) is 0 Å². The summed E-state index contributed by atoms with van der Waals surface area (Å²) >= 11 is -0.704. The fourth-order valence-electron chi connectivity index (χ4n) is 0. The fraction of sp³-hybridized carbons (Fsp3) is 1.00. The van der Waals surface area contributed by atoms with E-state index in [4.69, 9.17) is 4.55 Å². The molecule has 0 fully saturated rings. The van der Waals surface area contributed by atoms with Crippen molar-refractivity contribution in [2.75, 3.05) is 0 Å². The van der Waals surface area contributed by atoms with Gasteiger partial charge in [0.15, 0.2) is 0 Å². The van der Waals surface area contributed by atoms with Gasteiger partial charge in [0.2, 0.25) is 0 Å². The zero-order valence-corrected chi connectivity index (χ0v) is 5.97. The smallest absolute Gasteiger partial charge is 0.795 e. The Balaban J connectivity index is 0. The van der Waals surface area contributed by atoms with E-state index < -0.39 is 17.8 Å². The Morgan fingerprint density at radius 1 is 1.50 bits per heavy atom. The normalized spacial score (nSPS) is 8.00. The van der Waals surface area contributed by atoms with E-state index >= 15 is 0 Å². The van der Waals surface area contributed by atoms with Crippen molar-refractivity contribution in [1.29, 1.82) is 0 Å². The maximum atomic E-state index is 10.4. The summed E-state index contributed by atoms with van der Waals surface area (Å²) in [4.78, 5) is 0. The van der Waals surface area contributed by atoms with Crippen LogP contribution >= 0.6 is 12.0 Å². The molecule has 0 N–H and O–H groups in total. The summed E-state index contributed by atoms with van der Waals surface area (Å²) < 4.78 is 29.6. The Labute approximate surface area is 60.6 Å². The minimum atomic E-state index is -2.75. The van der Waals surface area contributed by atoms with E-state index in [2.05, 4.69) is 0 Å². The summed E-state index contributed by atoms with van der Waals surface area (Å²) in [5, 5.41) is 0. The Kier molecular flexibility index (Phi) is 10.5. The van der Waals surface area contributed by atoms with Crippen LogP contribution in [0.4, 0.5) is 8.78 Å². The van der Waals surface area contributed by atoms with Gasteiger partial charge in [0.25, 0.3) is 5.76 Å². The van der Waals surface area contributed by atoms with Crippen LogP contribution in [0.1, 0.15) is 0 Å². The maximum absolute atomic E-state index is 10.4. The molecule has 0 aromatic heterocycles. The second kappa shape index (κ2) is 6.17. The van der Waals surface area contributed by atoms with Crippen molar-refractivity contribution in [2.45, 2.75) is 5.76 Å². The summed E-state index contributed by atoms with van der Waals surface area (Å²) in [6.07, 6.45) is 0. The third-order valence-corrected chi connectivity index (χ3v) is 0.218. The molecule has 0 atom stereocenters. The molecular weight excluding hydrogens is 121 g/mol. The molecule has 0 aliphatic heterocycles. The van der Waals surface area contributed by atoms with Gasteiger partial charge in [-0.1, -0.05) is 0 Å². The molecular formula is CHF2NaOS. The van der Waals surface area contributed by atoms with Crippen LogP contribution in [0.5, 0.6) is 0 Å². The Morgan fingerprint density at radius 2 is 1.67 bits per heavy atom. The monoisotopic (exact) mass is 122 g/mol. The van der Waals surface area contributed by atoms with E-state index in [9.17, 15) is 8.78 Å². The largest absolute Gasteiger partial charge is 1.00 e. The number of hydrogen-bond donors (Lipinski definition) is 0. The van der Waals surface area contributed by atoms with Gasteiger partial charge < -0.3 is 4.55 Å². The molecule has 0 saturated heterocycles. The molecule has 0 bridgehead atoms. The van der Waals surface area contributed by atoms with Gasteiger partial charge in [-0.3, -0.25) is 0 Å². The minimum absolute atomic E-state index is 0. The summed E-state index contributed by atoms with van der Waals surface area (Å²) in [5.74, 6) is -2.75. The molecule has 32 valence electrons. The van der Waals surface area contributed by atoms with Crippen molar-refractivity contribution in [3.8, 4) is 0 Å². The van der Waals surface area contributed by atoms with Crippen LogP contribution in [0.3, 0.4) is 0 Å². The van der Waals surface area contributed by atoms with Crippen LogP contribution in [0.2, 0.25) is 0 Å². The van der Waals surface area contributed by atoms with E-state index in [-0.39, 0.29) is 29.6 Å². The van der Waals surface area contributed by atoms with Crippen molar-refractivity contribution >= 4 is 12.0 Å². The first-order valence-electron chi connectivity index (χ1n) is 0.839. The third kappa shape index (κ3) is 8.95. The fourth-order valence-corrected chi connectivity index (χ4v) is 0. The molecule has 0 aromatic rings. The molecule has 0 aliphatic rings. The average molecular weight is 122 g/mol. The Hall–Kier alpha value is 1.17. The Morgan fingerprint density at radius 3 is 1.67 bits per heavy atom. The number of hydrogen-bond acceptors (Lipinski definition) is 2. The predicted octanol–water partition coefficient (Wildman–Crippen LogP) is -1.92. The summed E-state index contributed by atoms with van der Waals surface area (Å²) in [7, 11) is 0. The molecule has 0 spiro atoms. The van der Waals surface area contributed by atoms with E-state index in [0.717, 1.165) is 0 Å². The van der Waals surface area contributed by atoms with Crippen LogP contribution in [-0.2, 0) is 0 Å². The number of alkyl halides is 2. The second-order valence-electron chi connectivity index (χ2n) is 0.357. The Bertz CT molecular complexity index is 27.5. The van der Waals surface area contributed by atoms with Gasteiger partial charge in [-0.15, -0.1) is 0 Å². The first-order chi connectivity index (χ1) is 2.27. The maximum Gasteiger partial charge on any atom is 1.00 e. The molecule has 0 amide bonds. The van der Waals surface area contributed by atoms with Gasteiger partial charge >= 0.3 is 29.6 Å². The zero-order valence-electron chi connectivity index (χ0n) is 3.15. The van der Waals surface area contributed by atoms with Gasteiger partial charge in [0.05, 0.1) is 0 Å². The first-order valence-corrected chi connectivity index (χ1v) is 1.64. The minimum Gasteiger partial charge on any atom is -0.795 e. The molecule has 0 heterocycles. The number of rotatable bonds is 1. The first kappa shape index (κ1) is 10.2. The molecule has 0 aromatic carbocycles. The molecule has 0 rings (SSSR count). The van der Waals surface area contributed by atoms with Gasteiger partial charge in [0.1, 0.15) is 0 Å². The third-order valence-electron chi connectivity index (χ3n) is 0.0727. The van der Waals surface area contributed by atoms with Crippen molar-refractivity contribution in [2.24, 2.45) is 0 Å². The summed E-state index contributed by atoms with van der Waals surface area (Å²) in [6, 6.07) is 0. The van der Waals surface area contributed by atoms with Gasteiger partial charge in [-0.25, -0.2) is 0 Å². The molecule has 0 radical (unpaired) electrons. The van der Waals surface area contributed by atoms with E-state index in [0.29, 0.717) is 0 Å². The quantitative estimate of drug-likeness (QED) is 0.299. The van der Waals surface area contributed by atoms with Crippen LogP contribution in [0, 0.1) is 0 Å². The zero-order chi connectivity index (χ0) is 4.28. The van der Waals surface area contributed by atoms with E-state index in [1.165, 1.54) is 0 Å². The van der Waals surface area contributed by atoms with Crippen LogP contribution in [0.25, 0.3) is 0 Å². The molecule has 0 saturated carbocycles. The van der Waals surface area contributed by atoms with Crippen molar-refractivity contribution in [3.63, 3.8) is 0 Å². The SMILES string of the molecule is [Na+].[O-]SC(F)F. The molecule has 5 heteroatoms. The molecule has 6 heavy (non-hydrogen) atoms. The summed E-state index contributed by atoms with van der Waals surface area (Å²) in [5.41, 5.74) is 0. The van der Waals surface area contributed by atoms with Crippen molar-refractivity contribution < 1.29 is 42.9 Å². The average Bonchev–Trinajstić information content (AvgIpc) is 1.38. The molecule has 1 nitrogen and oxygen atoms in total. The molecule has 0 aliphatic carbocycles. The number of halogens is 2. The van der Waals surface area contributed by atoms with E-state index in [1.807, 2.05) is 0 Å². The predicted molar refractivity (Wildman–Crippen MR) is 14.4 cm³/mol. The summed E-state index contributed by atoms with van der Waals surface area (Å²) in [6.45, 7) is 0. The topological polar surface area (TPSA) is 23.1 Å². The van der Waals surface area contributed by atoms with Crippen LogP contribution < -0.4 is 29.6 Å². The van der Waals surface area contributed by atoms with Crippen molar-refractivity contribution in [3.05, 3.63) is 0 Å². The van der Waals surface area contributed by atoms with E-state index in [1.54, 1.807) is 0 Å². The standard InChI is InChI=1S/CH2F2OS.Na/c2-1(3)5-4;/h1,4H;/q;+1/p-1. The van der Waals surface area contributed by atoms with Gasteiger partial charge in [-0.2, -0.15) is 20.8 Å². The molecule has 0 unspecified atom stereocenters. The second-order valence-corrected chi connectivity index (χ2v) is 0.906. The van der Waals surface area contributed by atoms with Crippen molar-refractivity contribution in [1.82, 2.24) is 0 Å².